The minimum absolute atomic E-state index is 0.0480. The predicted octanol–water partition coefficient (Wildman–Crippen LogP) is 6.20. The van der Waals surface area contributed by atoms with E-state index in [0.717, 1.165) is 42.5 Å². The number of aromatic nitrogens is 1. The Morgan fingerprint density at radius 2 is 1.83 bits per heavy atom. The summed E-state index contributed by atoms with van der Waals surface area (Å²) in [6, 6.07) is 12.0. The Morgan fingerprint density at radius 1 is 1.09 bits per heavy atom. The summed E-state index contributed by atoms with van der Waals surface area (Å²) in [7, 11) is -2.11. The second kappa shape index (κ2) is 11.7. The van der Waals surface area contributed by atoms with Gasteiger partial charge < -0.3 is 9.47 Å². The Balaban J connectivity index is 1.55. The lowest BCUT2D eigenvalue weighted by atomic mass is 9.87. The van der Waals surface area contributed by atoms with E-state index in [1.54, 1.807) is 47.0 Å². The van der Waals surface area contributed by atoms with E-state index in [1.165, 1.54) is 0 Å². The minimum atomic E-state index is -3.70. The van der Waals surface area contributed by atoms with Gasteiger partial charge >= 0.3 is 0 Å². The molecule has 0 saturated heterocycles. The molecule has 9 heteroatoms. The van der Waals surface area contributed by atoms with Gasteiger partial charge in [-0.15, -0.1) is 11.3 Å². The molecule has 0 aliphatic heterocycles. The van der Waals surface area contributed by atoms with E-state index in [4.69, 9.17) is 21.1 Å². The summed E-state index contributed by atoms with van der Waals surface area (Å²) in [5.41, 5.74) is 2.66. The van der Waals surface area contributed by atoms with Gasteiger partial charge in [0.25, 0.3) is 0 Å². The molecule has 1 aliphatic carbocycles. The fraction of sp³-hybridized carbons (Fsp3) is 0.423. The van der Waals surface area contributed by atoms with E-state index < -0.39 is 10.0 Å². The van der Waals surface area contributed by atoms with Crippen LogP contribution in [0.2, 0.25) is 5.02 Å². The zero-order valence-electron chi connectivity index (χ0n) is 20.0. The van der Waals surface area contributed by atoms with E-state index in [1.807, 2.05) is 29.9 Å². The predicted molar refractivity (Wildman–Crippen MR) is 140 cm³/mol. The molecule has 1 heterocycles. The third-order valence-electron chi connectivity index (χ3n) is 6.47. The van der Waals surface area contributed by atoms with Crippen LogP contribution >= 0.6 is 22.9 Å². The average molecular weight is 535 g/mol. The molecule has 0 unspecified atom stereocenters. The van der Waals surface area contributed by atoms with Crippen LogP contribution in [0.1, 0.15) is 43.0 Å². The lowest BCUT2D eigenvalue weighted by molar-refractivity contribution is 0.217. The fourth-order valence-electron chi connectivity index (χ4n) is 4.42. The van der Waals surface area contributed by atoms with Gasteiger partial charge in [-0.2, -0.15) is 4.31 Å². The molecule has 0 spiro atoms. The van der Waals surface area contributed by atoms with Crippen LogP contribution in [0.4, 0.5) is 0 Å². The number of methoxy groups -OCH3 is 1. The third-order valence-corrected chi connectivity index (χ3v) is 9.47. The summed E-state index contributed by atoms with van der Waals surface area (Å²) < 4.78 is 40.6. The molecule has 2 aromatic carbocycles. The van der Waals surface area contributed by atoms with Gasteiger partial charge in [0, 0.05) is 35.1 Å². The SMILES string of the molecule is COc1cc(CN(C2CCC(C)CC2)S(=O)(=O)c2ccc(Cl)cc2)ccc1OCCc1cncs1. The van der Waals surface area contributed by atoms with Gasteiger partial charge in [-0.25, -0.2) is 8.42 Å². The van der Waals surface area contributed by atoms with E-state index in [-0.39, 0.29) is 17.5 Å². The molecule has 0 N–H and O–H groups in total. The zero-order valence-corrected chi connectivity index (χ0v) is 22.4. The molecule has 0 atom stereocenters. The van der Waals surface area contributed by atoms with E-state index >= 15 is 0 Å². The summed E-state index contributed by atoms with van der Waals surface area (Å²) in [6.45, 7) is 3.00. The van der Waals surface area contributed by atoms with Crippen LogP contribution in [0.3, 0.4) is 0 Å². The van der Waals surface area contributed by atoms with Gasteiger partial charge in [-0.05, 0) is 73.6 Å². The van der Waals surface area contributed by atoms with Crippen LogP contribution in [0.5, 0.6) is 11.5 Å². The van der Waals surface area contributed by atoms with Crippen LogP contribution in [0.15, 0.2) is 59.1 Å². The Morgan fingerprint density at radius 3 is 2.49 bits per heavy atom. The molecule has 1 saturated carbocycles. The van der Waals surface area contributed by atoms with Gasteiger partial charge in [0.15, 0.2) is 11.5 Å². The molecule has 6 nitrogen and oxygen atoms in total. The van der Waals surface area contributed by atoms with Crippen molar-refractivity contribution in [1.29, 1.82) is 0 Å². The molecule has 1 aliphatic rings. The molecule has 0 amide bonds. The standard InChI is InChI=1S/C26H31ClN2O4S2/c1-19-3-8-22(9-4-19)29(35(30,31)24-10-6-21(27)7-11-24)17-20-5-12-25(26(15-20)32-2)33-14-13-23-16-28-18-34-23/h5-7,10-12,15-16,18-19,22H,3-4,8-9,13-14,17H2,1-2H3. The number of hydrogen-bond acceptors (Lipinski definition) is 6. The summed E-state index contributed by atoms with van der Waals surface area (Å²) in [5.74, 6) is 1.85. The summed E-state index contributed by atoms with van der Waals surface area (Å²) in [4.78, 5) is 5.50. The van der Waals surface area contributed by atoms with Gasteiger partial charge in [0.2, 0.25) is 10.0 Å². The van der Waals surface area contributed by atoms with Crippen molar-refractivity contribution in [3.05, 3.63) is 69.6 Å². The van der Waals surface area contributed by atoms with Crippen molar-refractivity contribution in [2.24, 2.45) is 5.92 Å². The molecule has 3 aromatic rings. The molecule has 1 fully saturated rings. The highest BCUT2D eigenvalue weighted by molar-refractivity contribution is 7.89. The van der Waals surface area contributed by atoms with Gasteiger partial charge in [0.1, 0.15) is 0 Å². The molecule has 4 rings (SSSR count). The smallest absolute Gasteiger partial charge is 0.243 e. The van der Waals surface area contributed by atoms with Gasteiger partial charge in [0.05, 0.1) is 24.1 Å². The van der Waals surface area contributed by atoms with Crippen molar-refractivity contribution in [2.45, 2.75) is 56.5 Å². The summed E-state index contributed by atoms with van der Waals surface area (Å²) in [6.07, 6.45) is 6.35. The Labute approximate surface area is 216 Å². The van der Waals surface area contributed by atoms with Crippen LogP contribution in [-0.4, -0.2) is 37.5 Å². The maximum atomic E-state index is 13.7. The highest BCUT2D eigenvalue weighted by Gasteiger charge is 2.34. The number of hydrogen-bond donors (Lipinski definition) is 0. The van der Waals surface area contributed by atoms with E-state index in [0.29, 0.717) is 29.0 Å². The molecule has 188 valence electrons. The van der Waals surface area contributed by atoms with E-state index in [2.05, 4.69) is 11.9 Å². The van der Waals surface area contributed by atoms with Crippen molar-refractivity contribution in [1.82, 2.24) is 9.29 Å². The van der Waals surface area contributed by atoms with Crippen LogP contribution < -0.4 is 9.47 Å². The number of rotatable bonds is 10. The number of benzene rings is 2. The Bertz CT molecular complexity index is 1190. The van der Waals surface area contributed by atoms with Crippen molar-refractivity contribution in [2.75, 3.05) is 13.7 Å². The number of halogens is 1. The topological polar surface area (TPSA) is 68.7 Å². The number of ether oxygens (including phenoxy) is 2. The maximum absolute atomic E-state index is 13.7. The number of nitrogens with zero attached hydrogens (tertiary/aromatic N) is 2. The van der Waals surface area contributed by atoms with Crippen LogP contribution in [0.25, 0.3) is 0 Å². The minimum Gasteiger partial charge on any atom is -0.493 e. The highest BCUT2D eigenvalue weighted by atomic mass is 35.5. The molecule has 0 radical (unpaired) electrons. The normalized spacial score (nSPS) is 18.5. The molecular formula is C26H31ClN2O4S2. The van der Waals surface area contributed by atoms with Crippen molar-refractivity contribution < 1.29 is 17.9 Å². The number of thiazole rings is 1. The first-order chi connectivity index (χ1) is 16.9. The zero-order chi connectivity index (χ0) is 24.8. The second-order valence-electron chi connectivity index (χ2n) is 8.97. The van der Waals surface area contributed by atoms with Crippen molar-refractivity contribution in [3.63, 3.8) is 0 Å². The first-order valence-electron chi connectivity index (χ1n) is 11.8. The fourth-order valence-corrected chi connectivity index (χ4v) is 6.80. The highest BCUT2D eigenvalue weighted by Crippen LogP contribution is 2.34. The largest absolute Gasteiger partial charge is 0.493 e. The summed E-state index contributed by atoms with van der Waals surface area (Å²) >= 11 is 7.61. The first kappa shape index (κ1) is 25.9. The van der Waals surface area contributed by atoms with Crippen molar-refractivity contribution >= 4 is 33.0 Å². The lowest BCUT2D eigenvalue weighted by Crippen LogP contribution is -2.41. The molecule has 0 bridgehead atoms. The monoisotopic (exact) mass is 534 g/mol. The second-order valence-corrected chi connectivity index (χ2v) is 12.3. The van der Waals surface area contributed by atoms with Crippen LogP contribution in [-0.2, 0) is 23.0 Å². The van der Waals surface area contributed by atoms with E-state index in [9.17, 15) is 8.42 Å². The molecular weight excluding hydrogens is 504 g/mol. The first-order valence-corrected chi connectivity index (χ1v) is 14.5. The van der Waals surface area contributed by atoms with Gasteiger partial charge in [-0.1, -0.05) is 24.6 Å². The summed E-state index contributed by atoms with van der Waals surface area (Å²) in [5, 5.41) is 0.512. The third kappa shape index (κ3) is 6.55. The number of sulfonamides is 1. The lowest BCUT2D eigenvalue weighted by Gasteiger charge is -2.35. The van der Waals surface area contributed by atoms with Crippen molar-refractivity contribution in [3.8, 4) is 11.5 Å². The Hall–Kier alpha value is -2.13. The van der Waals surface area contributed by atoms with Crippen LogP contribution in [0, 0.1) is 5.92 Å². The van der Waals surface area contributed by atoms with Gasteiger partial charge in [-0.3, -0.25) is 4.98 Å². The quantitative estimate of drug-likeness (QED) is 0.310. The molecule has 1 aromatic heterocycles. The molecule has 35 heavy (non-hydrogen) atoms. The Kier molecular flexibility index (Phi) is 8.70. The average Bonchev–Trinajstić information content (AvgIpc) is 3.37. The maximum Gasteiger partial charge on any atom is 0.243 e.